The Hall–Kier alpha value is -1.56. The summed E-state index contributed by atoms with van der Waals surface area (Å²) in [7, 11) is 0. The monoisotopic (exact) mass is 267 g/mol. The number of aromatic nitrogens is 2. The molecule has 0 saturated carbocycles. The summed E-state index contributed by atoms with van der Waals surface area (Å²) in [5.41, 5.74) is 0. The molecule has 0 bridgehead atoms. The van der Waals surface area contributed by atoms with E-state index in [1.807, 2.05) is 19.9 Å². The van der Waals surface area contributed by atoms with Crippen LogP contribution < -0.4 is 5.32 Å². The molecule has 0 unspecified atom stereocenters. The molecule has 0 fully saturated rings. The molecule has 0 spiro atoms. The van der Waals surface area contributed by atoms with Crippen LogP contribution in [0.5, 0.6) is 0 Å². The fourth-order valence-corrected chi connectivity index (χ4v) is 2.11. The second-order valence-corrected chi connectivity index (χ2v) is 5.11. The zero-order valence-electron chi connectivity index (χ0n) is 10.2. The molecule has 2 rings (SSSR count). The maximum absolute atomic E-state index is 13.0. The quantitative estimate of drug-likeness (QED) is 0.842. The van der Waals surface area contributed by atoms with Gasteiger partial charge >= 0.3 is 6.01 Å². The second-order valence-electron chi connectivity index (χ2n) is 4.06. The van der Waals surface area contributed by atoms with Crippen molar-refractivity contribution in [3.8, 4) is 0 Å². The number of hydrogen-bond acceptors (Lipinski definition) is 5. The van der Waals surface area contributed by atoms with Crippen molar-refractivity contribution in [2.24, 2.45) is 0 Å². The van der Waals surface area contributed by atoms with Crippen molar-refractivity contribution in [1.29, 1.82) is 0 Å². The van der Waals surface area contributed by atoms with E-state index in [-0.39, 0.29) is 11.9 Å². The summed E-state index contributed by atoms with van der Waals surface area (Å²) in [6.07, 6.45) is 0. The van der Waals surface area contributed by atoms with Crippen molar-refractivity contribution >= 4 is 17.8 Å². The molecular formula is C12H14FN3OS. The van der Waals surface area contributed by atoms with Crippen LogP contribution in [0.4, 0.5) is 10.4 Å². The van der Waals surface area contributed by atoms with Crippen molar-refractivity contribution in [3.63, 3.8) is 0 Å². The van der Waals surface area contributed by atoms with Crippen LogP contribution in [0.15, 0.2) is 33.7 Å². The molecular weight excluding hydrogens is 253 g/mol. The van der Waals surface area contributed by atoms with Gasteiger partial charge in [-0.05, 0) is 32.0 Å². The number of thioether (sulfide) groups is 1. The van der Waals surface area contributed by atoms with Crippen molar-refractivity contribution < 1.29 is 8.91 Å². The lowest BCUT2D eigenvalue weighted by Gasteiger charge is -2.01. The molecule has 0 aliphatic rings. The van der Waals surface area contributed by atoms with Crippen molar-refractivity contribution in [1.82, 2.24) is 10.1 Å². The van der Waals surface area contributed by atoms with Gasteiger partial charge < -0.3 is 9.84 Å². The highest BCUT2D eigenvalue weighted by Gasteiger charge is 2.07. The Balaban J connectivity index is 1.92. The molecule has 0 aliphatic heterocycles. The first-order valence-corrected chi connectivity index (χ1v) is 6.59. The van der Waals surface area contributed by atoms with Crippen LogP contribution in [-0.4, -0.2) is 16.2 Å². The van der Waals surface area contributed by atoms with Gasteiger partial charge in [0.05, 0.1) is 5.75 Å². The van der Waals surface area contributed by atoms with Crippen molar-refractivity contribution in [2.45, 2.75) is 30.5 Å². The van der Waals surface area contributed by atoms with Crippen molar-refractivity contribution in [3.05, 3.63) is 35.9 Å². The predicted molar refractivity (Wildman–Crippen MR) is 69.0 cm³/mol. The molecule has 4 nitrogen and oxygen atoms in total. The van der Waals surface area contributed by atoms with E-state index in [0.29, 0.717) is 17.6 Å². The highest BCUT2D eigenvalue weighted by Crippen LogP contribution is 2.22. The summed E-state index contributed by atoms with van der Waals surface area (Å²) in [5, 5.41) is 6.87. The van der Waals surface area contributed by atoms with E-state index in [9.17, 15) is 4.39 Å². The Morgan fingerprint density at radius 2 is 2.28 bits per heavy atom. The second kappa shape index (κ2) is 5.86. The topological polar surface area (TPSA) is 51.0 Å². The van der Waals surface area contributed by atoms with Gasteiger partial charge in [-0.25, -0.2) is 4.39 Å². The summed E-state index contributed by atoms with van der Waals surface area (Å²) in [4.78, 5) is 5.03. The van der Waals surface area contributed by atoms with Gasteiger partial charge in [0.2, 0.25) is 0 Å². The molecule has 1 aromatic carbocycles. The maximum Gasteiger partial charge on any atom is 0.321 e. The van der Waals surface area contributed by atoms with Crippen LogP contribution in [0.25, 0.3) is 0 Å². The smallest absolute Gasteiger partial charge is 0.321 e. The van der Waals surface area contributed by atoms with Crippen molar-refractivity contribution in [2.75, 3.05) is 5.32 Å². The zero-order chi connectivity index (χ0) is 13.0. The number of halogens is 1. The summed E-state index contributed by atoms with van der Waals surface area (Å²) < 4.78 is 18.0. The number of anilines is 1. The maximum atomic E-state index is 13.0. The van der Waals surface area contributed by atoms with Gasteiger partial charge in [0.1, 0.15) is 5.82 Å². The summed E-state index contributed by atoms with van der Waals surface area (Å²) in [5.74, 6) is 0.898. The Kier molecular flexibility index (Phi) is 4.19. The highest BCUT2D eigenvalue weighted by atomic mass is 32.2. The number of rotatable bonds is 5. The van der Waals surface area contributed by atoms with E-state index in [4.69, 9.17) is 4.52 Å². The number of benzene rings is 1. The molecule has 0 aliphatic carbocycles. The van der Waals surface area contributed by atoms with Gasteiger partial charge in [-0.3, -0.25) is 0 Å². The summed E-state index contributed by atoms with van der Waals surface area (Å²) in [6.45, 7) is 3.98. The summed E-state index contributed by atoms with van der Waals surface area (Å²) in [6, 6.07) is 7.09. The standard InChI is InChI=1S/C12H14FN3OS/c1-8(2)14-12-15-11(16-17-12)7-18-10-5-3-4-9(13)6-10/h3-6,8H,7H2,1-2H3,(H,14,15,16). The number of nitrogens with one attached hydrogen (secondary N) is 1. The Labute approximate surface area is 109 Å². The Morgan fingerprint density at radius 1 is 1.44 bits per heavy atom. The minimum atomic E-state index is -0.240. The molecule has 96 valence electrons. The minimum Gasteiger partial charge on any atom is -0.336 e. The lowest BCUT2D eigenvalue weighted by molar-refractivity contribution is 0.422. The van der Waals surface area contributed by atoms with E-state index in [1.54, 1.807) is 6.07 Å². The van der Waals surface area contributed by atoms with Gasteiger partial charge in [-0.1, -0.05) is 11.2 Å². The SMILES string of the molecule is CC(C)Nc1nc(CSc2cccc(F)c2)no1. The van der Waals surface area contributed by atoms with E-state index in [1.165, 1.54) is 23.9 Å². The van der Waals surface area contributed by atoms with Gasteiger partial charge in [0.15, 0.2) is 5.82 Å². The molecule has 1 aromatic heterocycles. The predicted octanol–water partition coefficient (Wildman–Crippen LogP) is 3.32. The average molecular weight is 267 g/mol. The molecule has 0 saturated heterocycles. The third-order valence-electron chi connectivity index (χ3n) is 2.04. The largest absolute Gasteiger partial charge is 0.336 e. The van der Waals surface area contributed by atoms with Gasteiger partial charge in [0, 0.05) is 10.9 Å². The summed E-state index contributed by atoms with van der Waals surface area (Å²) >= 11 is 1.47. The number of hydrogen-bond donors (Lipinski definition) is 1. The van der Waals surface area contributed by atoms with Gasteiger partial charge in [0.25, 0.3) is 0 Å². The molecule has 6 heteroatoms. The van der Waals surface area contributed by atoms with E-state index < -0.39 is 0 Å². The molecule has 1 N–H and O–H groups in total. The molecule has 2 aromatic rings. The van der Waals surface area contributed by atoms with Crippen LogP contribution in [0.2, 0.25) is 0 Å². The lowest BCUT2D eigenvalue weighted by Crippen LogP contribution is -2.09. The van der Waals surface area contributed by atoms with Crippen LogP contribution in [0.1, 0.15) is 19.7 Å². The first kappa shape index (κ1) is 12.9. The van der Waals surface area contributed by atoms with E-state index in [2.05, 4.69) is 15.5 Å². The van der Waals surface area contributed by atoms with E-state index in [0.717, 1.165) is 4.90 Å². The molecule has 18 heavy (non-hydrogen) atoms. The van der Waals surface area contributed by atoms with Crippen LogP contribution in [0.3, 0.4) is 0 Å². The van der Waals surface area contributed by atoms with Gasteiger partial charge in [-0.2, -0.15) is 4.98 Å². The molecule has 0 radical (unpaired) electrons. The Bertz CT molecular complexity index is 516. The molecule has 0 atom stereocenters. The van der Waals surface area contributed by atoms with E-state index >= 15 is 0 Å². The highest BCUT2D eigenvalue weighted by molar-refractivity contribution is 7.98. The first-order valence-electron chi connectivity index (χ1n) is 5.61. The fraction of sp³-hybridized carbons (Fsp3) is 0.333. The third kappa shape index (κ3) is 3.73. The third-order valence-corrected chi connectivity index (χ3v) is 3.03. The first-order chi connectivity index (χ1) is 8.63. The molecule has 0 amide bonds. The normalized spacial score (nSPS) is 10.9. The van der Waals surface area contributed by atoms with Crippen LogP contribution in [-0.2, 0) is 5.75 Å². The minimum absolute atomic E-state index is 0.240. The fourth-order valence-electron chi connectivity index (χ4n) is 1.32. The molecule has 1 heterocycles. The van der Waals surface area contributed by atoms with Gasteiger partial charge in [-0.15, -0.1) is 11.8 Å². The lowest BCUT2D eigenvalue weighted by atomic mass is 10.4. The van der Waals surface area contributed by atoms with Crippen LogP contribution in [0, 0.1) is 5.82 Å². The number of nitrogens with zero attached hydrogens (tertiary/aromatic N) is 2. The van der Waals surface area contributed by atoms with Crippen LogP contribution >= 0.6 is 11.8 Å². The Morgan fingerprint density at radius 3 is 3.00 bits per heavy atom. The average Bonchev–Trinajstić information content (AvgIpc) is 2.73. The zero-order valence-corrected chi connectivity index (χ0v) is 11.0.